The van der Waals surface area contributed by atoms with Gasteiger partial charge >= 0.3 is 0 Å². The summed E-state index contributed by atoms with van der Waals surface area (Å²) in [5.74, 6) is 1.34. The predicted molar refractivity (Wildman–Crippen MR) is 101 cm³/mol. The topological polar surface area (TPSA) is 35.0 Å². The van der Waals surface area contributed by atoms with Gasteiger partial charge < -0.3 is 4.74 Å². The lowest BCUT2D eigenvalue weighted by Crippen LogP contribution is -1.97. The number of ether oxygens (including phenoxy) is 1. The fourth-order valence-electron chi connectivity index (χ4n) is 2.89. The summed E-state index contributed by atoms with van der Waals surface area (Å²) in [5, 5.41) is 10.8. The van der Waals surface area contributed by atoms with Crippen molar-refractivity contribution in [2.24, 2.45) is 0 Å². The van der Waals surface area contributed by atoms with Crippen molar-refractivity contribution in [2.75, 3.05) is 0 Å². The van der Waals surface area contributed by atoms with Gasteiger partial charge in [-0.1, -0.05) is 60.7 Å². The Bertz CT molecular complexity index is 1040. The maximum atomic E-state index is 6.12. The normalized spacial score (nSPS) is 10.8. The van der Waals surface area contributed by atoms with Crippen molar-refractivity contribution in [1.29, 1.82) is 0 Å². The number of rotatable bonds is 3. The van der Waals surface area contributed by atoms with E-state index in [2.05, 4.69) is 35.3 Å². The van der Waals surface area contributed by atoms with Gasteiger partial charge in [0.15, 0.2) is 0 Å². The van der Waals surface area contributed by atoms with Gasteiger partial charge in [0.25, 0.3) is 0 Å². The van der Waals surface area contributed by atoms with E-state index in [-0.39, 0.29) is 0 Å². The van der Waals surface area contributed by atoms with Gasteiger partial charge in [-0.2, -0.15) is 0 Å². The van der Waals surface area contributed by atoms with E-state index < -0.39 is 0 Å². The Morgan fingerprint density at radius 1 is 0.720 bits per heavy atom. The molecule has 3 heteroatoms. The highest BCUT2D eigenvalue weighted by atomic mass is 16.5. The highest BCUT2D eigenvalue weighted by molar-refractivity contribution is 5.97. The fourth-order valence-corrected chi connectivity index (χ4v) is 2.89. The number of hydrogen-bond acceptors (Lipinski definition) is 3. The van der Waals surface area contributed by atoms with Crippen molar-refractivity contribution < 1.29 is 4.74 Å². The molecule has 0 saturated heterocycles. The van der Waals surface area contributed by atoms with E-state index in [0.717, 1.165) is 38.9 Å². The monoisotopic (exact) mass is 326 g/mol. The number of hydrogen-bond donors (Lipinski definition) is 0. The molecule has 0 aliphatic heterocycles. The van der Waals surface area contributed by atoms with Crippen LogP contribution in [0.4, 0.5) is 0 Å². The predicted octanol–water partition coefficient (Wildman–Crippen LogP) is 5.71. The molecular weight excluding hydrogens is 308 g/mol. The number of benzene rings is 3. The van der Waals surface area contributed by atoms with Gasteiger partial charge in [0.1, 0.15) is 11.4 Å². The molecule has 122 valence electrons. The summed E-state index contributed by atoms with van der Waals surface area (Å²) in [5.41, 5.74) is 4.14. The van der Waals surface area contributed by atoms with Crippen LogP contribution < -0.4 is 4.74 Å². The zero-order valence-electron chi connectivity index (χ0n) is 14.2. The highest BCUT2D eigenvalue weighted by Crippen LogP contribution is 2.33. The summed E-state index contributed by atoms with van der Waals surface area (Å²) >= 11 is 0. The molecule has 1 aromatic heterocycles. The first kappa shape index (κ1) is 15.3. The summed E-state index contributed by atoms with van der Waals surface area (Å²) in [6, 6.07) is 24.3. The molecule has 0 fully saturated rings. The highest BCUT2D eigenvalue weighted by Gasteiger charge is 2.13. The van der Waals surface area contributed by atoms with E-state index in [1.165, 1.54) is 0 Å². The molecule has 1 heterocycles. The number of aromatic nitrogens is 2. The first-order valence-corrected chi connectivity index (χ1v) is 8.28. The second kappa shape index (κ2) is 6.36. The van der Waals surface area contributed by atoms with Crippen molar-refractivity contribution in [2.45, 2.75) is 13.8 Å². The molecular formula is C22H18N2O. The molecule has 0 N–H and O–H groups in total. The van der Waals surface area contributed by atoms with Crippen LogP contribution in [0, 0.1) is 13.8 Å². The molecule has 4 rings (SSSR count). The lowest BCUT2D eigenvalue weighted by atomic mass is 10.1. The Morgan fingerprint density at radius 2 is 1.44 bits per heavy atom. The van der Waals surface area contributed by atoms with Gasteiger partial charge in [-0.25, -0.2) is 0 Å². The van der Waals surface area contributed by atoms with Gasteiger partial charge in [0.05, 0.1) is 0 Å². The van der Waals surface area contributed by atoms with E-state index in [9.17, 15) is 0 Å². The minimum atomic E-state index is 0.531. The van der Waals surface area contributed by atoms with Crippen LogP contribution in [0.5, 0.6) is 11.6 Å². The summed E-state index contributed by atoms with van der Waals surface area (Å²) in [6.45, 7) is 4.08. The number of fused-ring (bicyclic) bond motifs is 1. The van der Waals surface area contributed by atoms with Crippen molar-refractivity contribution >= 4 is 10.8 Å². The van der Waals surface area contributed by atoms with Gasteiger partial charge in [-0.3, -0.25) is 0 Å². The summed E-state index contributed by atoms with van der Waals surface area (Å²) in [7, 11) is 0. The van der Waals surface area contributed by atoms with Crippen LogP contribution in [-0.4, -0.2) is 10.2 Å². The Balaban J connectivity index is 1.85. The molecule has 0 aliphatic carbocycles. The van der Waals surface area contributed by atoms with E-state index in [0.29, 0.717) is 5.88 Å². The molecule has 0 spiro atoms. The molecule has 0 radical (unpaired) electrons. The van der Waals surface area contributed by atoms with Gasteiger partial charge in [-0.15, -0.1) is 10.2 Å². The molecule has 0 atom stereocenters. The van der Waals surface area contributed by atoms with Crippen LogP contribution in [0.25, 0.3) is 22.0 Å². The third-order valence-electron chi connectivity index (χ3n) is 4.25. The fraction of sp³-hybridized carbons (Fsp3) is 0.0909. The molecule has 0 aliphatic rings. The minimum Gasteiger partial charge on any atom is -0.437 e. The average Bonchev–Trinajstić information content (AvgIpc) is 2.66. The van der Waals surface area contributed by atoms with Crippen LogP contribution in [0.2, 0.25) is 0 Å². The summed E-state index contributed by atoms with van der Waals surface area (Å²) < 4.78 is 6.12. The zero-order chi connectivity index (χ0) is 17.2. The summed E-state index contributed by atoms with van der Waals surface area (Å²) in [4.78, 5) is 0. The Labute approximate surface area is 146 Å². The van der Waals surface area contributed by atoms with Crippen molar-refractivity contribution in [3.05, 3.63) is 83.9 Å². The molecule has 0 amide bonds. The third kappa shape index (κ3) is 2.96. The Morgan fingerprint density at radius 3 is 2.24 bits per heavy atom. The van der Waals surface area contributed by atoms with Crippen LogP contribution in [-0.2, 0) is 0 Å². The van der Waals surface area contributed by atoms with E-state index in [4.69, 9.17) is 4.74 Å². The maximum absolute atomic E-state index is 6.12. The molecule has 3 aromatic carbocycles. The van der Waals surface area contributed by atoms with Crippen LogP contribution >= 0.6 is 0 Å². The van der Waals surface area contributed by atoms with Crippen molar-refractivity contribution in [3.63, 3.8) is 0 Å². The number of aryl methyl sites for hydroxylation is 2. The standard InChI is InChI=1S/C22H18N2O/c1-15-12-13-16(2)20(14-15)25-22-19-11-7-6-10-18(19)21(23-24-22)17-8-4-3-5-9-17/h3-14H,1-2H3. The van der Waals surface area contributed by atoms with Gasteiger partial charge in [0, 0.05) is 16.3 Å². The lowest BCUT2D eigenvalue weighted by molar-refractivity contribution is 0.458. The third-order valence-corrected chi connectivity index (χ3v) is 4.25. The molecule has 0 unspecified atom stereocenters. The molecule has 3 nitrogen and oxygen atoms in total. The SMILES string of the molecule is Cc1ccc(C)c(Oc2nnc(-c3ccccc3)c3ccccc23)c1. The van der Waals surface area contributed by atoms with Crippen molar-refractivity contribution in [3.8, 4) is 22.9 Å². The van der Waals surface area contributed by atoms with Crippen LogP contribution in [0.15, 0.2) is 72.8 Å². The van der Waals surface area contributed by atoms with E-state index in [1.54, 1.807) is 0 Å². The zero-order valence-corrected chi connectivity index (χ0v) is 14.2. The van der Waals surface area contributed by atoms with Crippen molar-refractivity contribution in [1.82, 2.24) is 10.2 Å². The largest absolute Gasteiger partial charge is 0.437 e. The first-order chi connectivity index (χ1) is 12.2. The first-order valence-electron chi connectivity index (χ1n) is 8.28. The molecule has 25 heavy (non-hydrogen) atoms. The van der Waals surface area contributed by atoms with Gasteiger partial charge in [0.2, 0.25) is 5.88 Å². The molecule has 0 saturated carbocycles. The molecule has 4 aromatic rings. The second-order valence-electron chi connectivity index (χ2n) is 6.14. The minimum absolute atomic E-state index is 0.531. The average molecular weight is 326 g/mol. The molecule has 0 bridgehead atoms. The Hall–Kier alpha value is -3.20. The van der Waals surface area contributed by atoms with E-state index >= 15 is 0 Å². The van der Waals surface area contributed by atoms with E-state index in [1.807, 2.05) is 61.5 Å². The lowest BCUT2D eigenvalue weighted by Gasteiger charge is -2.12. The smallest absolute Gasteiger partial charge is 0.246 e. The quantitative estimate of drug-likeness (QED) is 0.484. The number of nitrogens with zero attached hydrogens (tertiary/aromatic N) is 2. The second-order valence-corrected chi connectivity index (χ2v) is 6.14. The van der Waals surface area contributed by atoms with Gasteiger partial charge in [-0.05, 0) is 37.1 Å². The van der Waals surface area contributed by atoms with Crippen LogP contribution in [0.3, 0.4) is 0 Å². The summed E-state index contributed by atoms with van der Waals surface area (Å²) in [6.07, 6.45) is 0. The maximum Gasteiger partial charge on any atom is 0.246 e. The van der Waals surface area contributed by atoms with Crippen LogP contribution in [0.1, 0.15) is 11.1 Å². The Kier molecular flexibility index (Phi) is 3.90.